The second-order valence-corrected chi connectivity index (χ2v) is 6.79. The van der Waals surface area contributed by atoms with Crippen molar-refractivity contribution in [1.29, 1.82) is 0 Å². The summed E-state index contributed by atoms with van der Waals surface area (Å²) < 4.78 is 11.4. The zero-order chi connectivity index (χ0) is 15.6. The number of urea groups is 1. The summed E-state index contributed by atoms with van der Waals surface area (Å²) in [4.78, 5) is 14.5. The maximum atomic E-state index is 12.6. The number of amides is 2. The van der Waals surface area contributed by atoms with E-state index >= 15 is 0 Å². The highest BCUT2D eigenvalue weighted by atomic mass is 16.5. The molecule has 0 aromatic rings. The molecule has 0 unspecified atom stereocenters. The Bertz CT molecular complexity index is 443. The first-order chi connectivity index (χ1) is 10.7. The molecule has 1 saturated carbocycles. The maximum absolute atomic E-state index is 12.6. The van der Waals surface area contributed by atoms with Gasteiger partial charge < -0.3 is 19.7 Å². The highest BCUT2D eigenvalue weighted by molar-refractivity contribution is 5.75. The van der Waals surface area contributed by atoms with E-state index in [4.69, 9.17) is 9.47 Å². The Kier molecular flexibility index (Phi) is 4.73. The third kappa shape index (κ3) is 2.88. The van der Waals surface area contributed by atoms with Gasteiger partial charge in [-0.15, -0.1) is 0 Å². The Morgan fingerprint density at radius 2 is 2.27 bits per heavy atom. The van der Waals surface area contributed by atoms with E-state index in [2.05, 4.69) is 18.3 Å². The summed E-state index contributed by atoms with van der Waals surface area (Å²) in [5.41, 5.74) is 1.37. The van der Waals surface area contributed by atoms with E-state index in [0.29, 0.717) is 0 Å². The summed E-state index contributed by atoms with van der Waals surface area (Å²) >= 11 is 0. The zero-order valence-corrected chi connectivity index (χ0v) is 13.8. The molecule has 2 amide bonds. The molecule has 2 aliphatic heterocycles. The molecule has 5 heteroatoms. The van der Waals surface area contributed by atoms with Gasteiger partial charge in [-0.2, -0.15) is 0 Å². The van der Waals surface area contributed by atoms with E-state index < -0.39 is 0 Å². The van der Waals surface area contributed by atoms with Gasteiger partial charge in [-0.05, 0) is 39.5 Å². The van der Waals surface area contributed by atoms with Crippen molar-refractivity contribution in [3.05, 3.63) is 11.6 Å². The number of ether oxygens (including phenoxy) is 2. The second-order valence-electron chi connectivity index (χ2n) is 6.79. The number of nitrogens with zero attached hydrogens (tertiary/aromatic N) is 1. The molecule has 2 fully saturated rings. The van der Waals surface area contributed by atoms with Crippen LogP contribution in [-0.2, 0) is 9.47 Å². The molecular formula is C17H28N2O3. The minimum Gasteiger partial charge on any atom is -0.381 e. The molecule has 0 aromatic carbocycles. The fraction of sp³-hybridized carbons (Fsp3) is 0.824. The predicted molar refractivity (Wildman–Crippen MR) is 84.8 cm³/mol. The van der Waals surface area contributed by atoms with Gasteiger partial charge in [0.1, 0.15) is 0 Å². The molecular weight excluding hydrogens is 280 g/mol. The summed E-state index contributed by atoms with van der Waals surface area (Å²) in [6.45, 7) is 8.01. The maximum Gasteiger partial charge on any atom is 0.317 e. The normalized spacial score (nSPS) is 30.6. The van der Waals surface area contributed by atoms with Gasteiger partial charge in [-0.3, -0.25) is 0 Å². The number of carbonyl (C=O) groups excluding carboxylic acids is 1. The molecule has 0 aromatic heterocycles. The number of nitrogens with one attached hydrogen (secondary N) is 1. The standard InChI is InChI=1S/C17H28N2O3/c1-3-22-15-11-14(17(15)6-9-21-10-7-17)18-16(20)19-8-4-5-13(2)12-19/h5,14-15H,3-4,6-12H2,1-2H3,(H,18,20)/t14-,15+/m1/s1. The molecule has 0 bridgehead atoms. The fourth-order valence-corrected chi connectivity index (χ4v) is 4.13. The molecule has 3 aliphatic rings. The van der Waals surface area contributed by atoms with Crippen LogP contribution in [0.5, 0.6) is 0 Å². The van der Waals surface area contributed by atoms with Gasteiger partial charge in [0.05, 0.1) is 6.10 Å². The van der Waals surface area contributed by atoms with E-state index in [-0.39, 0.29) is 23.6 Å². The van der Waals surface area contributed by atoms with Crippen LogP contribution < -0.4 is 5.32 Å². The van der Waals surface area contributed by atoms with Crippen LogP contribution in [0.4, 0.5) is 4.79 Å². The summed E-state index contributed by atoms with van der Waals surface area (Å²) in [5, 5.41) is 3.28. The Hall–Kier alpha value is -1.07. The molecule has 3 rings (SSSR count). The van der Waals surface area contributed by atoms with E-state index in [1.54, 1.807) is 0 Å². The second kappa shape index (κ2) is 6.59. The van der Waals surface area contributed by atoms with Crippen molar-refractivity contribution in [2.75, 3.05) is 32.9 Å². The molecule has 1 aliphatic carbocycles. The van der Waals surface area contributed by atoms with Gasteiger partial charge in [0.15, 0.2) is 0 Å². The largest absolute Gasteiger partial charge is 0.381 e. The van der Waals surface area contributed by atoms with E-state index in [1.807, 2.05) is 11.8 Å². The fourth-order valence-electron chi connectivity index (χ4n) is 4.13. The van der Waals surface area contributed by atoms with Gasteiger partial charge >= 0.3 is 6.03 Å². The van der Waals surface area contributed by atoms with Crippen molar-refractivity contribution in [3.63, 3.8) is 0 Å². The van der Waals surface area contributed by atoms with Gasteiger partial charge in [0.25, 0.3) is 0 Å². The summed E-state index contributed by atoms with van der Waals surface area (Å²) in [5.74, 6) is 0. The molecule has 124 valence electrons. The molecule has 1 saturated heterocycles. The van der Waals surface area contributed by atoms with E-state index in [0.717, 1.165) is 58.6 Å². The number of hydrogen-bond donors (Lipinski definition) is 1. The van der Waals surface area contributed by atoms with Gasteiger partial charge in [0, 0.05) is 44.4 Å². The Morgan fingerprint density at radius 3 is 2.95 bits per heavy atom. The van der Waals surface area contributed by atoms with Gasteiger partial charge in [-0.25, -0.2) is 4.79 Å². The van der Waals surface area contributed by atoms with Crippen LogP contribution >= 0.6 is 0 Å². The smallest absolute Gasteiger partial charge is 0.317 e. The highest BCUT2D eigenvalue weighted by Gasteiger charge is 2.56. The molecule has 22 heavy (non-hydrogen) atoms. The Labute approximate surface area is 133 Å². The number of carbonyl (C=O) groups is 1. The molecule has 5 nitrogen and oxygen atoms in total. The van der Waals surface area contributed by atoms with Crippen LogP contribution in [0.25, 0.3) is 0 Å². The first-order valence-corrected chi connectivity index (χ1v) is 8.56. The molecule has 1 spiro atoms. The zero-order valence-electron chi connectivity index (χ0n) is 13.8. The van der Waals surface area contributed by atoms with Crippen LogP contribution in [0.15, 0.2) is 11.6 Å². The first kappa shape index (κ1) is 15.8. The molecule has 2 atom stereocenters. The van der Waals surface area contributed by atoms with Crippen molar-refractivity contribution in [2.24, 2.45) is 5.41 Å². The summed E-state index contributed by atoms with van der Waals surface area (Å²) in [6, 6.07) is 0.310. The molecule has 1 N–H and O–H groups in total. The quantitative estimate of drug-likeness (QED) is 0.814. The highest BCUT2D eigenvalue weighted by Crippen LogP contribution is 2.50. The summed E-state index contributed by atoms with van der Waals surface area (Å²) in [7, 11) is 0. The average Bonchev–Trinajstić information content (AvgIpc) is 2.54. The third-order valence-electron chi connectivity index (χ3n) is 5.49. The van der Waals surface area contributed by atoms with Crippen LogP contribution in [0.1, 0.15) is 39.5 Å². The van der Waals surface area contributed by atoms with Crippen molar-refractivity contribution in [2.45, 2.75) is 51.7 Å². The van der Waals surface area contributed by atoms with E-state index in [9.17, 15) is 4.79 Å². The van der Waals surface area contributed by atoms with Crippen molar-refractivity contribution in [1.82, 2.24) is 10.2 Å². The lowest BCUT2D eigenvalue weighted by Gasteiger charge is -2.57. The SMILES string of the molecule is CCO[C@H]1C[C@@H](NC(=O)N2CCC=C(C)C2)C12CCOCC2. The first-order valence-electron chi connectivity index (χ1n) is 8.56. The minimum absolute atomic E-state index is 0.0817. The minimum atomic E-state index is 0.0817. The predicted octanol–water partition coefficient (Wildman–Crippen LogP) is 2.32. The van der Waals surface area contributed by atoms with Crippen LogP contribution in [0.2, 0.25) is 0 Å². The van der Waals surface area contributed by atoms with Crippen LogP contribution in [0.3, 0.4) is 0 Å². The van der Waals surface area contributed by atoms with Crippen molar-refractivity contribution in [3.8, 4) is 0 Å². The van der Waals surface area contributed by atoms with Gasteiger partial charge in [-0.1, -0.05) is 11.6 Å². The van der Waals surface area contributed by atoms with Gasteiger partial charge in [0.2, 0.25) is 0 Å². The lowest BCUT2D eigenvalue weighted by atomic mass is 9.57. The lowest BCUT2D eigenvalue weighted by molar-refractivity contribution is -0.170. The van der Waals surface area contributed by atoms with Crippen molar-refractivity contribution < 1.29 is 14.3 Å². The van der Waals surface area contributed by atoms with Crippen molar-refractivity contribution >= 4 is 6.03 Å². The topological polar surface area (TPSA) is 50.8 Å². The van der Waals surface area contributed by atoms with Crippen LogP contribution in [-0.4, -0.2) is 56.0 Å². The monoisotopic (exact) mass is 308 g/mol. The van der Waals surface area contributed by atoms with Crippen LogP contribution in [0, 0.1) is 5.41 Å². The number of hydrogen-bond acceptors (Lipinski definition) is 3. The van der Waals surface area contributed by atoms with E-state index in [1.165, 1.54) is 5.57 Å². The molecule has 0 radical (unpaired) electrons. The average molecular weight is 308 g/mol. The number of rotatable bonds is 3. The lowest BCUT2D eigenvalue weighted by Crippen LogP contribution is -2.67. The Morgan fingerprint density at radius 1 is 1.50 bits per heavy atom. The third-order valence-corrected chi connectivity index (χ3v) is 5.49. The Balaban J connectivity index is 1.62. The summed E-state index contributed by atoms with van der Waals surface area (Å²) in [6.07, 6.45) is 6.36. The molecule has 2 heterocycles.